The summed E-state index contributed by atoms with van der Waals surface area (Å²) < 4.78 is 5.52. The summed E-state index contributed by atoms with van der Waals surface area (Å²) in [7, 11) is 0. The molecule has 218 valence electrons. The molecule has 1 fully saturated rings. The second-order valence-electron chi connectivity index (χ2n) is 12.0. The monoisotopic (exact) mass is 549 g/mol. The molecular formula is C33H47N3O4. The van der Waals surface area contributed by atoms with Gasteiger partial charge in [0.05, 0.1) is 0 Å². The van der Waals surface area contributed by atoms with Crippen molar-refractivity contribution in [1.29, 1.82) is 0 Å². The van der Waals surface area contributed by atoms with Crippen LogP contribution < -0.4 is 10.6 Å². The number of rotatable bonds is 10. The van der Waals surface area contributed by atoms with Gasteiger partial charge in [-0.2, -0.15) is 0 Å². The molecular weight excluding hydrogens is 502 g/mol. The van der Waals surface area contributed by atoms with Crippen molar-refractivity contribution in [3.63, 3.8) is 0 Å². The molecule has 0 saturated heterocycles. The number of nitrogens with one attached hydrogen (secondary N) is 2. The SMILES string of the molecule is CCCN(C(=O)C(Cc1ccccc1)NC(=O)OC(C)(C)C)C(C(=O)NC1CCCCC1)c1ccc(C)c(C)c1. The molecule has 40 heavy (non-hydrogen) atoms. The number of carbonyl (C=O) groups is 3. The highest BCUT2D eigenvalue weighted by Crippen LogP contribution is 2.27. The summed E-state index contributed by atoms with van der Waals surface area (Å²) in [6.45, 7) is 11.8. The lowest BCUT2D eigenvalue weighted by molar-refractivity contribution is -0.142. The predicted molar refractivity (Wildman–Crippen MR) is 159 cm³/mol. The van der Waals surface area contributed by atoms with Crippen LogP contribution in [0.3, 0.4) is 0 Å². The number of ether oxygens (including phenoxy) is 1. The van der Waals surface area contributed by atoms with Gasteiger partial charge in [-0.05, 0) is 76.1 Å². The zero-order valence-electron chi connectivity index (χ0n) is 25.1. The zero-order valence-corrected chi connectivity index (χ0v) is 25.1. The molecule has 2 N–H and O–H groups in total. The normalized spacial score (nSPS) is 15.6. The van der Waals surface area contributed by atoms with E-state index in [0.717, 1.165) is 47.9 Å². The first-order valence-corrected chi connectivity index (χ1v) is 14.7. The lowest BCUT2D eigenvalue weighted by Gasteiger charge is -2.36. The van der Waals surface area contributed by atoms with Crippen LogP contribution in [-0.4, -0.2) is 47.0 Å². The van der Waals surface area contributed by atoms with Gasteiger partial charge in [0.15, 0.2) is 0 Å². The molecule has 7 nitrogen and oxygen atoms in total. The molecule has 1 aliphatic rings. The third kappa shape index (κ3) is 9.10. The maximum absolute atomic E-state index is 14.4. The molecule has 0 aromatic heterocycles. The molecule has 7 heteroatoms. The Morgan fingerprint density at radius 1 is 0.975 bits per heavy atom. The summed E-state index contributed by atoms with van der Waals surface area (Å²) in [5, 5.41) is 6.08. The summed E-state index contributed by atoms with van der Waals surface area (Å²) in [6.07, 6.45) is 5.55. The van der Waals surface area contributed by atoms with Gasteiger partial charge in [-0.15, -0.1) is 0 Å². The van der Waals surface area contributed by atoms with Crippen LogP contribution in [0.2, 0.25) is 0 Å². The highest BCUT2D eigenvalue weighted by Gasteiger charge is 2.37. The van der Waals surface area contributed by atoms with Crippen molar-refractivity contribution in [2.75, 3.05) is 6.54 Å². The lowest BCUT2D eigenvalue weighted by atomic mass is 9.93. The molecule has 0 radical (unpaired) electrons. The topological polar surface area (TPSA) is 87.7 Å². The van der Waals surface area contributed by atoms with Crippen molar-refractivity contribution in [2.24, 2.45) is 0 Å². The van der Waals surface area contributed by atoms with Gasteiger partial charge in [-0.25, -0.2) is 4.79 Å². The molecule has 0 bridgehead atoms. The Morgan fingerprint density at radius 2 is 1.65 bits per heavy atom. The van der Waals surface area contributed by atoms with Crippen molar-refractivity contribution >= 4 is 17.9 Å². The Labute approximate surface area is 240 Å². The number of aryl methyl sites for hydroxylation is 2. The Bertz CT molecular complexity index is 1140. The molecule has 1 saturated carbocycles. The van der Waals surface area contributed by atoms with E-state index in [1.54, 1.807) is 25.7 Å². The highest BCUT2D eigenvalue weighted by molar-refractivity contribution is 5.92. The van der Waals surface area contributed by atoms with Crippen LogP contribution in [0.4, 0.5) is 4.79 Å². The Balaban J connectivity index is 2.00. The van der Waals surface area contributed by atoms with Crippen LogP contribution >= 0.6 is 0 Å². The van der Waals surface area contributed by atoms with Crippen LogP contribution in [0.25, 0.3) is 0 Å². The fraction of sp³-hybridized carbons (Fsp3) is 0.545. The number of benzene rings is 2. The van der Waals surface area contributed by atoms with Crippen molar-refractivity contribution < 1.29 is 19.1 Å². The summed E-state index contributed by atoms with van der Waals surface area (Å²) in [6, 6.07) is 13.9. The average Bonchev–Trinajstić information content (AvgIpc) is 2.89. The lowest BCUT2D eigenvalue weighted by Crippen LogP contribution is -2.54. The maximum atomic E-state index is 14.4. The number of alkyl carbamates (subject to hydrolysis) is 1. The fourth-order valence-corrected chi connectivity index (χ4v) is 5.24. The molecule has 2 aromatic rings. The molecule has 2 unspecified atom stereocenters. The van der Waals surface area contributed by atoms with Crippen molar-refractivity contribution in [3.05, 3.63) is 70.8 Å². The first-order chi connectivity index (χ1) is 19.0. The summed E-state index contributed by atoms with van der Waals surface area (Å²) in [5.41, 5.74) is 3.15. The predicted octanol–water partition coefficient (Wildman–Crippen LogP) is 6.17. The van der Waals surface area contributed by atoms with E-state index in [-0.39, 0.29) is 24.3 Å². The van der Waals surface area contributed by atoms with Gasteiger partial charge in [-0.1, -0.05) is 74.7 Å². The molecule has 1 aliphatic carbocycles. The molecule has 3 rings (SSSR count). The minimum Gasteiger partial charge on any atom is -0.444 e. The van der Waals surface area contributed by atoms with E-state index in [0.29, 0.717) is 13.0 Å². The second-order valence-corrected chi connectivity index (χ2v) is 12.0. The minimum atomic E-state index is -0.902. The van der Waals surface area contributed by atoms with Gasteiger partial charge in [0, 0.05) is 19.0 Å². The standard InChI is InChI=1S/C33H47N3O4/c1-7-20-36(31(38)28(22-25-14-10-8-11-15-25)35-32(39)40-33(4,5)6)29(26-19-18-23(2)24(3)21-26)30(37)34-27-16-12-9-13-17-27/h8,10-11,14-15,18-19,21,27-29H,7,9,12-13,16-17,20,22H2,1-6H3,(H,34,37)(H,35,39). The molecule has 2 aromatic carbocycles. The largest absolute Gasteiger partial charge is 0.444 e. The third-order valence-electron chi connectivity index (χ3n) is 7.38. The van der Waals surface area contributed by atoms with Crippen LogP contribution in [0.1, 0.15) is 94.5 Å². The van der Waals surface area contributed by atoms with E-state index in [2.05, 4.69) is 10.6 Å². The van der Waals surface area contributed by atoms with E-state index in [9.17, 15) is 14.4 Å². The van der Waals surface area contributed by atoms with Gasteiger partial charge in [0.25, 0.3) is 0 Å². The minimum absolute atomic E-state index is 0.105. The molecule has 0 aliphatic heterocycles. The number of amides is 3. The Morgan fingerprint density at radius 3 is 2.25 bits per heavy atom. The summed E-state index contributed by atoms with van der Waals surface area (Å²) in [5.74, 6) is -0.480. The van der Waals surface area contributed by atoms with Crippen LogP contribution in [-0.2, 0) is 20.7 Å². The summed E-state index contributed by atoms with van der Waals surface area (Å²) >= 11 is 0. The van der Waals surface area contributed by atoms with Crippen molar-refractivity contribution in [3.8, 4) is 0 Å². The number of hydrogen-bond donors (Lipinski definition) is 2. The molecule has 0 spiro atoms. The third-order valence-corrected chi connectivity index (χ3v) is 7.38. The summed E-state index contributed by atoms with van der Waals surface area (Å²) in [4.78, 5) is 42.9. The number of carbonyl (C=O) groups excluding carboxylic acids is 3. The second kappa shape index (κ2) is 14.3. The molecule has 3 amide bonds. The van der Waals surface area contributed by atoms with E-state index < -0.39 is 23.8 Å². The van der Waals surface area contributed by atoms with E-state index in [4.69, 9.17) is 4.74 Å². The molecule has 0 heterocycles. The van der Waals surface area contributed by atoms with E-state index in [1.165, 1.54) is 6.42 Å². The zero-order chi connectivity index (χ0) is 29.3. The van der Waals surface area contributed by atoms with Gasteiger partial charge >= 0.3 is 6.09 Å². The quantitative estimate of drug-likeness (QED) is 0.371. The Kier molecular flexibility index (Phi) is 11.2. The van der Waals surface area contributed by atoms with Gasteiger partial charge in [-0.3, -0.25) is 9.59 Å². The highest BCUT2D eigenvalue weighted by atomic mass is 16.6. The van der Waals surface area contributed by atoms with Crippen molar-refractivity contribution in [1.82, 2.24) is 15.5 Å². The van der Waals surface area contributed by atoms with Crippen LogP contribution in [0, 0.1) is 13.8 Å². The van der Waals surface area contributed by atoms with Crippen molar-refractivity contribution in [2.45, 2.75) is 110 Å². The average molecular weight is 550 g/mol. The van der Waals surface area contributed by atoms with Gasteiger partial charge < -0.3 is 20.3 Å². The fourth-order valence-electron chi connectivity index (χ4n) is 5.24. The first-order valence-electron chi connectivity index (χ1n) is 14.7. The van der Waals surface area contributed by atoms with Gasteiger partial charge in [0.2, 0.25) is 11.8 Å². The Hall–Kier alpha value is -3.35. The van der Waals surface area contributed by atoms with Crippen LogP contribution in [0.5, 0.6) is 0 Å². The number of nitrogens with zero attached hydrogens (tertiary/aromatic N) is 1. The van der Waals surface area contributed by atoms with E-state index >= 15 is 0 Å². The first kappa shape index (κ1) is 31.2. The maximum Gasteiger partial charge on any atom is 0.408 e. The number of hydrogen-bond acceptors (Lipinski definition) is 4. The van der Waals surface area contributed by atoms with Crippen LogP contribution in [0.15, 0.2) is 48.5 Å². The molecule has 2 atom stereocenters. The smallest absolute Gasteiger partial charge is 0.408 e. The van der Waals surface area contributed by atoms with E-state index in [1.807, 2.05) is 69.3 Å². The van der Waals surface area contributed by atoms with Gasteiger partial charge in [0.1, 0.15) is 17.7 Å².